The fourth-order valence-electron chi connectivity index (χ4n) is 7.58. The Kier molecular flexibility index (Phi) is 5.56. The summed E-state index contributed by atoms with van der Waals surface area (Å²) in [6.45, 7) is 5.64. The highest BCUT2D eigenvalue weighted by molar-refractivity contribution is 5.95. The van der Waals surface area contributed by atoms with Crippen LogP contribution in [0.15, 0.2) is 12.2 Å². The van der Waals surface area contributed by atoms with E-state index in [9.17, 15) is 9.59 Å². The van der Waals surface area contributed by atoms with Gasteiger partial charge in [-0.1, -0.05) is 44.8 Å². The molecule has 4 rings (SSSR count). The molecule has 29 heavy (non-hydrogen) atoms. The van der Waals surface area contributed by atoms with E-state index in [0.29, 0.717) is 12.8 Å². The second kappa shape index (κ2) is 7.72. The lowest BCUT2D eigenvalue weighted by atomic mass is 9.53. The zero-order chi connectivity index (χ0) is 20.7. The predicted molar refractivity (Wildman–Crippen MR) is 115 cm³/mol. The lowest BCUT2D eigenvalue weighted by Gasteiger charge is -2.48. The van der Waals surface area contributed by atoms with Crippen LogP contribution in [0.25, 0.3) is 0 Å². The fraction of sp³-hybridized carbons (Fsp3) is 0.833. The van der Waals surface area contributed by atoms with Crippen molar-refractivity contribution in [3.8, 4) is 0 Å². The molecule has 2 saturated carbocycles. The number of amides is 2. The number of likely N-dealkylation sites (tertiary alicyclic amines) is 1. The van der Waals surface area contributed by atoms with Gasteiger partial charge in [0.05, 0.1) is 10.8 Å². The quantitative estimate of drug-likeness (QED) is 0.411. The van der Waals surface area contributed by atoms with Crippen molar-refractivity contribution in [3.05, 3.63) is 12.2 Å². The van der Waals surface area contributed by atoms with Crippen LogP contribution < -0.4 is 11.5 Å². The highest BCUT2D eigenvalue weighted by Gasteiger charge is 2.81. The van der Waals surface area contributed by atoms with E-state index >= 15 is 0 Å². The summed E-state index contributed by atoms with van der Waals surface area (Å²) in [6.07, 6.45) is 15.7. The molecule has 1 heterocycles. The van der Waals surface area contributed by atoms with Gasteiger partial charge in [0, 0.05) is 0 Å². The Labute approximate surface area is 175 Å². The molecule has 4 aliphatic rings. The number of hydrogen-bond donors (Lipinski definition) is 2. The van der Waals surface area contributed by atoms with E-state index in [4.69, 9.17) is 11.5 Å². The number of allylic oxidation sites excluding steroid dienone is 2. The maximum absolute atomic E-state index is 13.2. The monoisotopic (exact) mass is 401 g/mol. The number of nitrogens with two attached hydrogens (primary N) is 2. The minimum atomic E-state index is -0.798. The van der Waals surface area contributed by atoms with Crippen LogP contribution in [0.4, 0.5) is 0 Å². The van der Waals surface area contributed by atoms with Crippen molar-refractivity contribution in [2.45, 2.75) is 77.6 Å². The normalized spacial score (nSPS) is 36.9. The summed E-state index contributed by atoms with van der Waals surface area (Å²) in [5.74, 6) is -0.369. The van der Waals surface area contributed by atoms with Gasteiger partial charge in [-0.15, -0.1) is 0 Å². The molecule has 3 aliphatic carbocycles. The lowest BCUT2D eigenvalue weighted by molar-refractivity contribution is -0.152. The average molecular weight is 402 g/mol. The molecule has 1 spiro atoms. The molecule has 3 fully saturated rings. The van der Waals surface area contributed by atoms with Crippen LogP contribution in [0, 0.1) is 28.1 Å². The van der Waals surface area contributed by atoms with Crippen LogP contribution in [-0.2, 0) is 9.59 Å². The topological polar surface area (TPSA) is 89.4 Å². The first-order chi connectivity index (χ1) is 14.0. The molecule has 0 aromatic heterocycles. The van der Waals surface area contributed by atoms with Crippen molar-refractivity contribution in [2.75, 3.05) is 19.6 Å². The number of unbranched alkanes of at least 4 members (excludes halogenated alkanes) is 3. The van der Waals surface area contributed by atoms with Gasteiger partial charge in [0.1, 0.15) is 0 Å². The molecule has 2 bridgehead atoms. The van der Waals surface area contributed by atoms with Crippen molar-refractivity contribution in [1.29, 1.82) is 0 Å². The molecule has 5 nitrogen and oxygen atoms in total. The molecule has 4 atom stereocenters. The third-order valence-electron chi connectivity index (χ3n) is 8.97. The number of carbonyl (C=O) groups is 2. The van der Waals surface area contributed by atoms with Crippen LogP contribution in [-0.4, -0.2) is 36.3 Å². The van der Waals surface area contributed by atoms with Crippen LogP contribution in [0.1, 0.15) is 77.6 Å². The number of primary amides is 2. The van der Waals surface area contributed by atoms with Crippen LogP contribution >= 0.6 is 0 Å². The summed E-state index contributed by atoms with van der Waals surface area (Å²) in [5, 5.41) is 0. The van der Waals surface area contributed by atoms with Crippen molar-refractivity contribution in [3.63, 3.8) is 0 Å². The van der Waals surface area contributed by atoms with E-state index < -0.39 is 10.8 Å². The molecule has 1 aliphatic heterocycles. The van der Waals surface area contributed by atoms with Crippen LogP contribution in [0.5, 0.6) is 0 Å². The fourth-order valence-corrected chi connectivity index (χ4v) is 7.58. The maximum atomic E-state index is 13.2. The summed E-state index contributed by atoms with van der Waals surface area (Å²) in [7, 11) is 0. The largest absolute Gasteiger partial charge is 0.369 e. The van der Waals surface area contributed by atoms with Crippen molar-refractivity contribution < 1.29 is 9.59 Å². The van der Waals surface area contributed by atoms with E-state index in [1.807, 2.05) is 0 Å². The summed E-state index contributed by atoms with van der Waals surface area (Å²) in [5.41, 5.74) is 10.9. The first kappa shape index (κ1) is 20.9. The standard InChI is InChI=1S/C24H39N3O2/c1-2-3-4-11-23(20(25)28)18-9-10-19(22(18)13-14-22)24(23,21(26)29)12-5-6-15-27-16-7-8-17-27/h9-10,18-19H,2-8,11-17H2,1H3,(H2,25,28)(H2,26,29)/t18-,19+,23-,24-/m0/s1. The van der Waals surface area contributed by atoms with Crippen molar-refractivity contribution in [1.82, 2.24) is 4.90 Å². The Morgan fingerprint density at radius 1 is 0.897 bits per heavy atom. The van der Waals surface area contributed by atoms with Gasteiger partial charge in [-0.25, -0.2) is 0 Å². The molecular formula is C24H39N3O2. The molecule has 0 unspecified atom stereocenters. The Bertz CT molecular complexity index is 680. The first-order valence-corrected chi connectivity index (χ1v) is 12.0. The molecule has 2 amide bonds. The Morgan fingerprint density at radius 2 is 1.41 bits per heavy atom. The van der Waals surface area contributed by atoms with Gasteiger partial charge in [0.15, 0.2) is 0 Å². The molecule has 0 aromatic carbocycles. The van der Waals surface area contributed by atoms with Crippen molar-refractivity contribution >= 4 is 11.8 Å². The summed E-state index contributed by atoms with van der Waals surface area (Å²) in [4.78, 5) is 28.9. The number of nitrogens with zero attached hydrogens (tertiary/aromatic N) is 1. The highest BCUT2D eigenvalue weighted by atomic mass is 16.2. The second-order valence-electron chi connectivity index (χ2n) is 10.2. The van der Waals surface area contributed by atoms with Gasteiger partial charge < -0.3 is 16.4 Å². The van der Waals surface area contributed by atoms with E-state index in [1.54, 1.807) is 0 Å². The molecule has 0 radical (unpaired) electrons. The Morgan fingerprint density at radius 3 is 1.86 bits per heavy atom. The molecule has 162 valence electrons. The number of hydrogen-bond acceptors (Lipinski definition) is 3. The lowest BCUT2D eigenvalue weighted by Crippen LogP contribution is -2.59. The minimum Gasteiger partial charge on any atom is -0.369 e. The van der Waals surface area contributed by atoms with E-state index in [2.05, 4.69) is 24.0 Å². The highest BCUT2D eigenvalue weighted by Crippen LogP contribution is 2.81. The third kappa shape index (κ3) is 2.90. The number of carbonyl (C=O) groups excluding carboxylic acids is 2. The first-order valence-electron chi connectivity index (χ1n) is 12.0. The maximum Gasteiger partial charge on any atom is 0.225 e. The molecule has 1 saturated heterocycles. The van der Waals surface area contributed by atoms with Gasteiger partial charge in [-0.05, 0) is 81.8 Å². The van der Waals surface area contributed by atoms with E-state index in [1.165, 1.54) is 25.9 Å². The Balaban J connectivity index is 1.61. The Hall–Kier alpha value is -1.36. The number of rotatable bonds is 11. The molecule has 4 N–H and O–H groups in total. The summed E-state index contributed by atoms with van der Waals surface area (Å²) in [6, 6.07) is 0. The van der Waals surface area contributed by atoms with Crippen LogP contribution in [0.2, 0.25) is 0 Å². The third-order valence-corrected chi connectivity index (χ3v) is 8.97. The zero-order valence-corrected chi connectivity index (χ0v) is 18.1. The van der Waals surface area contributed by atoms with Gasteiger partial charge >= 0.3 is 0 Å². The predicted octanol–water partition coefficient (Wildman–Crippen LogP) is 3.37. The van der Waals surface area contributed by atoms with Crippen LogP contribution in [0.3, 0.4) is 0 Å². The van der Waals surface area contributed by atoms with Gasteiger partial charge in [0.2, 0.25) is 11.8 Å². The average Bonchev–Trinajstić information content (AvgIpc) is 3.06. The smallest absolute Gasteiger partial charge is 0.225 e. The van der Waals surface area contributed by atoms with Gasteiger partial charge in [-0.3, -0.25) is 9.59 Å². The van der Waals surface area contributed by atoms with E-state index in [-0.39, 0.29) is 29.1 Å². The zero-order valence-electron chi connectivity index (χ0n) is 18.1. The van der Waals surface area contributed by atoms with E-state index in [0.717, 1.165) is 51.5 Å². The van der Waals surface area contributed by atoms with Crippen molar-refractivity contribution in [2.24, 2.45) is 39.5 Å². The second-order valence-corrected chi connectivity index (χ2v) is 10.2. The molecular weight excluding hydrogens is 362 g/mol. The molecule has 0 aromatic rings. The summed E-state index contributed by atoms with van der Waals surface area (Å²) < 4.78 is 0. The molecule has 5 heteroatoms. The van der Waals surface area contributed by atoms with Gasteiger partial charge in [0.25, 0.3) is 0 Å². The summed E-state index contributed by atoms with van der Waals surface area (Å²) >= 11 is 0. The minimum absolute atomic E-state index is 0.0746. The van der Waals surface area contributed by atoms with Gasteiger partial charge in [-0.2, -0.15) is 0 Å². The SMILES string of the molecule is CCCCC[C@@]1(C(N)=O)[C@H]2C=C[C@H](C23CC3)[C@@]1(CCCCN1CCCC1)C(N)=O.